The fourth-order valence-corrected chi connectivity index (χ4v) is 3.58. The maximum atomic E-state index is 12.6. The molecule has 0 spiro atoms. The molecule has 0 aromatic heterocycles. The van der Waals surface area contributed by atoms with E-state index < -0.39 is 0 Å². The lowest BCUT2D eigenvalue weighted by Gasteiger charge is -2.02. The maximum absolute atomic E-state index is 12.6. The zero-order chi connectivity index (χ0) is 22.2. The number of ether oxygens (including phenoxy) is 4. The zero-order valence-electron chi connectivity index (χ0n) is 17.4. The number of hydrogen-bond donors (Lipinski definition) is 0. The number of carbonyl (C=O) groups is 2. The van der Waals surface area contributed by atoms with E-state index in [4.69, 9.17) is 18.9 Å². The minimum absolute atomic E-state index is 0.174. The first-order valence-electron chi connectivity index (χ1n) is 9.90. The fourth-order valence-electron chi connectivity index (χ4n) is 3.58. The van der Waals surface area contributed by atoms with Crippen molar-refractivity contribution in [2.24, 2.45) is 0 Å². The summed E-state index contributed by atoms with van der Waals surface area (Å²) < 4.78 is 21.8. The summed E-state index contributed by atoms with van der Waals surface area (Å²) in [6.07, 6.45) is 3.37. The van der Waals surface area contributed by atoms with Gasteiger partial charge in [-0.3, -0.25) is 9.59 Å². The van der Waals surface area contributed by atoms with Crippen molar-refractivity contribution in [3.8, 4) is 23.0 Å². The smallest absolute Gasteiger partial charge is 0.231 e. The van der Waals surface area contributed by atoms with Gasteiger partial charge in [0.1, 0.15) is 23.0 Å². The number of methoxy groups -OCH3 is 2. The normalized spacial score (nSPS) is 16.6. The Bertz CT molecular complexity index is 1210. The van der Waals surface area contributed by atoms with Gasteiger partial charge >= 0.3 is 0 Å². The van der Waals surface area contributed by atoms with Crippen LogP contribution in [-0.4, -0.2) is 25.8 Å². The molecule has 0 fully saturated rings. The molecule has 0 aliphatic carbocycles. The highest BCUT2D eigenvalue weighted by molar-refractivity contribution is 6.15. The van der Waals surface area contributed by atoms with Crippen LogP contribution in [0.15, 0.2) is 72.2 Å². The summed E-state index contributed by atoms with van der Waals surface area (Å²) in [4.78, 5) is 25.2. The third-order valence-electron chi connectivity index (χ3n) is 5.29. The van der Waals surface area contributed by atoms with Gasteiger partial charge in [0.05, 0.1) is 25.3 Å². The molecule has 0 N–H and O–H groups in total. The molecule has 0 atom stereocenters. The first kappa shape index (κ1) is 19.6. The van der Waals surface area contributed by atoms with E-state index in [1.807, 2.05) is 24.3 Å². The number of rotatable bonds is 4. The monoisotopic (exact) mass is 426 g/mol. The molecule has 6 heteroatoms. The average molecular weight is 426 g/mol. The first-order chi connectivity index (χ1) is 15.6. The number of benzene rings is 3. The van der Waals surface area contributed by atoms with Crippen LogP contribution < -0.4 is 18.9 Å². The van der Waals surface area contributed by atoms with Gasteiger partial charge in [0.15, 0.2) is 11.5 Å². The first-order valence-corrected chi connectivity index (χ1v) is 9.90. The molecule has 3 aromatic carbocycles. The topological polar surface area (TPSA) is 71.1 Å². The molecule has 2 aliphatic rings. The average Bonchev–Trinajstić information content (AvgIpc) is 3.30. The molecule has 0 unspecified atom stereocenters. The summed E-state index contributed by atoms with van der Waals surface area (Å²) in [7, 11) is 3.12. The number of ketones is 2. The van der Waals surface area contributed by atoms with E-state index in [-0.39, 0.29) is 23.1 Å². The van der Waals surface area contributed by atoms with Crippen LogP contribution >= 0.6 is 0 Å². The van der Waals surface area contributed by atoms with Crippen LogP contribution in [-0.2, 0) is 0 Å². The van der Waals surface area contributed by atoms with E-state index in [1.165, 1.54) is 0 Å². The quantitative estimate of drug-likeness (QED) is 0.551. The molecule has 2 aliphatic heterocycles. The Balaban J connectivity index is 1.35. The van der Waals surface area contributed by atoms with Gasteiger partial charge in [-0.25, -0.2) is 0 Å². The highest BCUT2D eigenvalue weighted by Gasteiger charge is 2.28. The molecule has 32 heavy (non-hydrogen) atoms. The molecule has 0 radical (unpaired) electrons. The Morgan fingerprint density at radius 3 is 1.41 bits per heavy atom. The number of fused-ring (bicyclic) bond motifs is 2. The summed E-state index contributed by atoms with van der Waals surface area (Å²) in [6, 6.07) is 17.6. The fraction of sp³-hybridized carbons (Fsp3) is 0.0769. The van der Waals surface area contributed by atoms with Crippen LogP contribution in [0.5, 0.6) is 23.0 Å². The minimum Gasteiger partial charge on any atom is -0.497 e. The van der Waals surface area contributed by atoms with Crippen LogP contribution in [0, 0.1) is 0 Å². The largest absolute Gasteiger partial charge is 0.497 e. The third-order valence-corrected chi connectivity index (χ3v) is 5.29. The highest BCUT2D eigenvalue weighted by atomic mass is 16.5. The maximum Gasteiger partial charge on any atom is 0.231 e. The second kappa shape index (κ2) is 7.74. The molecule has 158 valence electrons. The SMILES string of the molecule is COc1ccc2c(c1)O/C(=C\c1ccc(/C=C3/Oc4cc(OC)ccc4C3=O)cc1)C2=O. The Morgan fingerprint density at radius 1 is 0.625 bits per heavy atom. The Labute approximate surface area is 184 Å². The lowest BCUT2D eigenvalue weighted by molar-refractivity contribution is 0.101. The summed E-state index contributed by atoms with van der Waals surface area (Å²) in [6.45, 7) is 0. The molecule has 6 nitrogen and oxygen atoms in total. The van der Waals surface area contributed by atoms with Gasteiger partial charge in [-0.2, -0.15) is 0 Å². The van der Waals surface area contributed by atoms with Gasteiger partial charge in [0.25, 0.3) is 0 Å². The predicted octanol–water partition coefficient (Wildman–Crippen LogP) is 4.94. The Morgan fingerprint density at radius 2 is 1.03 bits per heavy atom. The molecule has 3 aromatic rings. The Kier molecular flexibility index (Phi) is 4.75. The zero-order valence-corrected chi connectivity index (χ0v) is 17.4. The van der Waals surface area contributed by atoms with Crippen molar-refractivity contribution >= 4 is 23.7 Å². The highest BCUT2D eigenvalue weighted by Crippen LogP contribution is 2.36. The minimum atomic E-state index is -0.174. The van der Waals surface area contributed by atoms with Crippen LogP contribution in [0.1, 0.15) is 31.8 Å². The van der Waals surface area contributed by atoms with Crippen LogP contribution in [0.4, 0.5) is 0 Å². The van der Waals surface area contributed by atoms with Gasteiger partial charge < -0.3 is 18.9 Å². The second-order valence-corrected chi connectivity index (χ2v) is 7.27. The number of hydrogen-bond acceptors (Lipinski definition) is 6. The molecule has 0 saturated heterocycles. The van der Waals surface area contributed by atoms with Gasteiger partial charge in [0.2, 0.25) is 11.6 Å². The van der Waals surface area contributed by atoms with Crippen molar-refractivity contribution in [1.82, 2.24) is 0 Å². The van der Waals surface area contributed by atoms with E-state index >= 15 is 0 Å². The van der Waals surface area contributed by atoms with Gasteiger partial charge in [-0.05, 0) is 47.5 Å². The third kappa shape index (κ3) is 3.41. The molecule has 0 bridgehead atoms. The lowest BCUT2D eigenvalue weighted by atomic mass is 10.1. The van der Waals surface area contributed by atoms with Crippen LogP contribution in [0.25, 0.3) is 12.2 Å². The predicted molar refractivity (Wildman–Crippen MR) is 118 cm³/mol. The molecule has 2 heterocycles. The summed E-state index contributed by atoms with van der Waals surface area (Å²) in [5.41, 5.74) is 2.60. The van der Waals surface area contributed by atoms with E-state index in [2.05, 4.69) is 0 Å². The molecule has 0 saturated carbocycles. The van der Waals surface area contributed by atoms with Crippen molar-refractivity contribution in [3.05, 3.63) is 94.4 Å². The van der Waals surface area contributed by atoms with E-state index in [0.29, 0.717) is 34.1 Å². The summed E-state index contributed by atoms with van der Waals surface area (Å²) in [5, 5.41) is 0. The van der Waals surface area contributed by atoms with E-state index in [9.17, 15) is 9.59 Å². The summed E-state index contributed by atoms with van der Waals surface area (Å²) in [5.74, 6) is 2.36. The number of allylic oxidation sites excluding steroid dienone is 2. The van der Waals surface area contributed by atoms with Crippen LogP contribution in [0.3, 0.4) is 0 Å². The van der Waals surface area contributed by atoms with Crippen molar-refractivity contribution in [3.63, 3.8) is 0 Å². The number of Topliss-reactive ketones (excluding diaryl/α,β-unsaturated/α-hetero) is 2. The molecular formula is C26H18O6. The number of carbonyl (C=O) groups excluding carboxylic acids is 2. The van der Waals surface area contributed by atoms with Crippen molar-refractivity contribution in [1.29, 1.82) is 0 Å². The van der Waals surface area contributed by atoms with Crippen molar-refractivity contribution in [2.75, 3.05) is 14.2 Å². The molecular weight excluding hydrogens is 408 g/mol. The lowest BCUT2D eigenvalue weighted by Crippen LogP contribution is -1.98. The molecule has 0 amide bonds. The van der Waals surface area contributed by atoms with Gasteiger partial charge in [0, 0.05) is 12.1 Å². The Hall–Kier alpha value is -4.32. The van der Waals surface area contributed by atoms with Gasteiger partial charge in [-0.15, -0.1) is 0 Å². The van der Waals surface area contributed by atoms with Crippen LogP contribution in [0.2, 0.25) is 0 Å². The second-order valence-electron chi connectivity index (χ2n) is 7.27. The van der Waals surface area contributed by atoms with Gasteiger partial charge in [-0.1, -0.05) is 24.3 Å². The van der Waals surface area contributed by atoms with E-state index in [0.717, 1.165) is 11.1 Å². The standard InChI is InChI=1S/C26H18O6/c1-29-17-7-9-19-21(13-17)31-23(25(19)27)11-15-3-5-16(6-4-15)12-24-26(28)20-10-8-18(30-2)14-22(20)32-24/h3-14H,1-2H3/b23-11-,24-12+. The van der Waals surface area contributed by atoms with Crippen molar-refractivity contribution in [2.45, 2.75) is 0 Å². The van der Waals surface area contributed by atoms with Crippen molar-refractivity contribution < 1.29 is 28.5 Å². The summed E-state index contributed by atoms with van der Waals surface area (Å²) >= 11 is 0. The van der Waals surface area contributed by atoms with E-state index in [1.54, 1.807) is 62.8 Å². The molecule has 5 rings (SSSR count).